The van der Waals surface area contributed by atoms with Crippen LogP contribution in [-0.2, 0) is 4.79 Å². The second-order valence-corrected chi connectivity index (χ2v) is 5.17. The van der Waals surface area contributed by atoms with Gasteiger partial charge in [-0.2, -0.15) is 0 Å². The van der Waals surface area contributed by atoms with E-state index in [9.17, 15) is 4.79 Å². The fourth-order valence-electron chi connectivity index (χ4n) is 1.66. The Labute approximate surface area is 116 Å². The molecular formula is C13H17BrClNO. The third-order valence-corrected chi connectivity index (χ3v) is 4.09. The van der Waals surface area contributed by atoms with E-state index < -0.39 is 5.38 Å². The van der Waals surface area contributed by atoms with Gasteiger partial charge in [-0.25, -0.2) is 0 Å². The van der Waals surface area contributed by atoms with E-state index in [0.717, 1.165) is 15.6 Å². The first kappa shape index (κ1) is 14.5. The van der Waals surface area contributed by atoms with E-state index in [4.69, 9.17) is 11.6 Å². The second-order valence-electron chi connectivity index (χ2n) is 3.88. The Balaban J connectivity index is 2.92. The second kappa shape index (κ2) is 6.41. The van der Waals surface area contributed by atoms with Gasteiger partial charge in [0.2, 0.25) is 5.91 Å². The summed E-state index contributed by atoms with van der Waals surface area (Å²) in [6.07, 6.45) is 0. The van der Waals surface area contributed by atoms with Gasteiger partial charge in [0.25, 0.3) is 0 Å². The Morgan fingerprint density at radius 2 is 2.00 bits per heavy atom. The molecule has 0 aromatic heterocycles. The highest BCUT2D eigenvalue weighted by Gasteiger charge is 2.22. The molecule has 2 nitrogen and oxygen atoms in total. The molecule has 1 aromatic rings. The van der Waals surface area contributed by atoms with E-state index in [1.54, 1.807) is 4.90 Å². The summed E-state index contributed by atoms with van der Waals surface area (Å²) >= 11 is 9.66. The van der Waals surface area contributed by atoms with Crippen LogP contribution < -0.4 is 0 Å². The number of hydrogen-bond acceptors (Lipinski definition) is 1. The molecule has 0 heterocycles. The summed E-state index contributed by atoms with van der Waals surface area (Å²) in [7, 11) is 0. The number of hydrogen-bond donors (Lipinski definition) is 0. The van der Waals surface area contributed by atoms with E-state index in [0.29, 0.717) is 13.1 Å². The Hall–Kier alpha value is -0.540. The predicted octanol–water partition coefficient (Wildman–Crippen LogP) is 3.91. The van der Waals surface area contributed by atoms with Gasteiger partial charge in [0, 0.05) is 17.6 Å². The van der Waals surface area contributed by atoms with E-state index in [-0.39, 0.29) is 5.91 Å². The van der Waals surface area contributed by atoms with E-state index >= 15 is 0 Å². The van der Waals surface area contributed by atoms with Gasteiger partial charge < -0.3 is 4.90 Å². The summed E-state index contributed by atoms with van der Waals surface area (Å²) in [5.41, 5.74) is 1.93. The molecule has 0 aliphatic rings. The van der Waals surface area contributed by atoms with Crippen LogP contribution in [0.4, 0.5) is 0 Å². The summed E-state index contributed by atoms with van der Waals surface area (Å²) in [4.78, 5) is 13.8. The molecule has 1 amide bonds. The van der Waals surface area contributed by atoms with Crippen molar-refractivity contribution < 1.29 is 4.79 Å². The molecule has 17 heavy (non-hydrogen) atoms. The maximum atomic E-state index is 12.1. The Morgan fingerprint density at radius 1 is 1.41 bits per heavy atom. The van der Waals surface area contributed by atoms with Crippen molar-refractivity contribution in [3.8, 4) is 0 Å². The number of rotatable bonds is 4. The minimum atomic E-state index is -0.596. The minimum absolute atomic E-state index is 0.0293. The van der Waals surface area contributed by atoms with Crippen molar-refractivity contribution in [3.05, 3.63) is 33.8 Å². The van der Waals surface area contributed by atoms with Crippen molar-refractivity contribution in [2.24, 2.45) is 0 Å². The van der Waals surface area contributed by atoms with Crippen molar-refractivity contribution in [2.45, 2.75) is 26.1 Å². The zero-order valence-corrected chi connectivity index (χ0v) is 12.7. The van der Waals surface area contributed by atoms with E-state index in [1.165, 1.54) is 0 Å². The summed E-state index contributed by atoms with van der Waals surface area (Å²) in [6, 6.07) is 5.76. The SMILES string of the molecule is CCN(CC)C(=O)C(Cl)c1ccc(Br)c(C)c1. The van der Waals surface area contributed by atoms with Gasteiger partial charge in [0.1, 0.15) is 5.38 Å². The average molecular weight is 319 g/mol. The molecule has 0 fully saturated rings. The molecule has 1 rings (SSSR count). The highest BCUT2D eigenvalue weighted by Crippen LogP contribution is 2.26. The van der Waals surface area contributed by atoms with Gasteiger partial charge in [-0.05, 0) is 38.0 Å². The molecule has 1 unspecified atom stereocenters. The molecule has 94 valence electrons. The lowest BCUT2D eigenvalue weighted by atomic mass is 10.1. The highest BCUT2D eigenvalue weighted by molar-refractivity contribution is 9.10. The van der Waals surface area contributed by atoms with Crippen LogP contribution in [0.15, 0.2) is 22.7 Å². The van der Waals surface area contributed by atoms with Gasteiger partial charge in [-0.3, -0.25) is 4.79 Å². The molecule has 0 N–H and O–H groups in total. The third kappa shape index (κ3) is 3.46. The van der Waals surface area contributed by atoms with Gasteiger partial charge in [-0.1, -0.05) is 28.1 Å². The quantitative estimate of drug-likeness (QED) is 0.771. The number of likely N-dealkylation sites (N-methyl/N-ethyl adjacent to an activating group) is 1. The first-order valence-electron chi connectivity index (χ1n) is 5.70. The number of alkyl halides is 1. The average Bonchev–Trinajstić information content (AvgIpc) is 2.33. The first-order chi connectivity index (χ1) is 8.01. The van der Waals surface area contributed by atoms with Crippen LogP contribution in [0.1, 0.15) is 30.4 Å². The van der Waals surface area contributed by atoms with Crippen LogP contribution in [0.25, 0.3) is 0 Å². The van der Waals surface area contributed by atoms with Gasteiger partial charge in [0.15, 0.2) is 0 Å². The highest BCUT2D eigenvalue weighted by atomic mass is 79.9. The Morgan fingerprint density at radius 3 is 2.47 bits per heavy atom. The van der Waals surface area contributed by atoms with Crippen LogP contribution >= 0.6 is 27.5 Å². The molecule has 0 spiro atoms. The smallest absolute Gasteiger partial charge is 0.245 e. The van der Waals surface area contributed by atoms with Gasteiger partial charge in [-0.15, -0.1) is 11.6 Å². The van der Waals surface area contributed by atoms with Crippen LogP contribution in [0.2, 0.25) is 0 Å². The summed E-state index contributed by atoms with van der Waals surface area (Å²) < 4.78 is 1.03. The fraction of sp³-hybridized carbons (Fsp3) is 0.462. The lowest BCUT2D eigenvalue weighted by Gasteiger charge is -2.22. The first-order valence-corrected chi connectivity index (χ1v) is 6.93. The molecule has 1 aromatic carbocycles. The summed E-state index contributed by atoms with van der Waals surface area (Å²) in [5.74, 6) is -0.0293. The van der Waals surface area contributed by atoms with E-state index in [1.807, 2.05) is 39.0 Å². The van der Waals surface area contributed by atoms with Crippen LogP contribution in [0.3, 0.4) is 0 Å². The number of amides is 1. The van der Waals surface area contributed by atoms with Gasteiger partial charge >= 0.3 is 0 Å². The maximum Gasteiger partial charge on any atom is 0.245 e. The van der Waals surface area contributed by atoms with Crippen LogP contribution in [-0.4, -0.2) is 23.9 Å². The standard InChI is InChI=1S/C13H17BrClNO/c1-4-16(5-2)13(17)12(15)10-6-7-11(14)9(3)8-10/h6-8,12H,4-5H2,1-3H3. The normalized spacial score (nSPS) is 12.3. The molecule has 1 atom stereocenters. The van der Waals surface area contributed by atoms with Crippen molar-refractivity contribution in [1.82, 2.24) is 4.90 Å². The number of nitrogens with zero attached hydrogens (tertiary/aromatic N) is 1. The molecule has 0 aliphatic carbocycles. The van der Waals surface area contributed by atoms with Gasteiger partial charge in [0.05, 0.1) is 0 Å². The van der Waals surface area contributed by atoms with Crippen molar-refractivity contribution >= 4 is 33.4 Å². The minimum Gasteiger partial charge on any atom is -0.342 e. The van der Waals surface area contributed by atoms with Crippen molar-refractivity contribution in [2.75, 3.05) is 13.1 Å². The number of benzene rings is 1. The third-order valence-electron chi connectivity index (χ3n) is 2.77. The van der Waals surface area contributed by atoms with Crippen LogP contribution in [0, 0.1) is 6.92 Å². The molecule has 0 bridgehead atoms. The number of carbonyl (C=O) groups is 1. The Kier molecular flexibility index (Phi) is 5.47. The molecule has 0 saturated carbocycles. The number of aryl methyl sites for hydroxylation is 1. The zero-order chi connectivity index (χ0) is 13.0. The molecule has 0 aliphatic heterocycles. The largest absolute Gasteiger partial charge is 0.342 e. The van der Waals surface area contributed by atoms with E-state index in [2.05, 4.69) is 15.9 Å². The summed E-state index contributed by atoms with van der Waals surface area (Å²) in [6.45, 7) is 7.27. The topological polar surface area (TPSA) is 20.3 Å². The molecule has 4 heteroatoms. The maximum absolute atomic E-state index is 12.1. The zero-order valence-electron chi connectivity index (χ0n) is 10.3. The molecule has 0 saturated heterocycles. The lowest BCUT2D eigenvalue weighted by molar-refractivity contribution is -0.130. The monoisotopic (exact) mass is 317 g/mol. The molecule has 0 radical (unpaired) electrons. The lowest BCUT2D eigenvalue weighted by Crippen LogP contribution is -2.33. The van der Waals surface area contributed by atoms with Crippen molar-refractivity contribution in [3.63, 3.8) is 0 Å². The summed E-state index contributed by atoms with van der Waals surface area (Å²) in [5, 5.41) is -0.596. The Bertz CT molecular complexity index is 404. The van der Waals surface area contributed by atoms with Crippen molar-refractivity contribution in [1.29, 1.82) is 0 Å². The van der Waals surface area contributed by atoms with Crippen LogP contribution in [0.5, 0.6) is 0 Å². The number of carbonyl (C=O) groups excluding carboxylic acids is 1. The predicted molar refractivity (Wildman–Crippen MR) is 75.4 cm³/mol. The number of halogens is 2. The molecular weight excluding hydrogens is 302 g/mol. The fourth-order valence-corrected chi connectivity index (χ4v) is 2.18.